The van der Waals surface area contributed by atoms with Gasteiger partial charge >= 0.3 is 12.3 Å². The summed E-state index contributed by atoms with van der Waals surface area (Å²) in [6.45, 7) is 16.1. The van der Waals surface area contributed by atoms with Gasteiger partial charge in [0.1, 0.15) is 28.4 Å². The Morgan fingerprint density at radius 2 is 1.81 bits per heavy atom. The molecule has 320 valence electrons. The van der Waals surface area contributed by atoms with Gasteiger partial charge in [-0.3, -0.25) is 23.9 Å². The number of carbonyl (C=O) groups excluding carboxylic acids is 4. The predicted octanol–water partition coefficient (Wildman–Crippen LogP) is 6.05. The lowest BCUT2D eigenvalue weighted by Crippen LogP contribution is -2.46. The van der Waals surface area contributed by atoms with E-state index in [0.29, 0.717) is 36.5 Å². The molecular formula is C39H59F3N6O8S. The standard InChI is InChI=1S/C19H32N2O2.C10H7F3N2O2.C5H9NO2S.C5H11NO2/c1-4-5-7-14(2)12-15(3)13-18(22)21-11-6-8-17(21)19(23)20-16-9-10-16;1-17-5-2-3-6-7(4-5)15-9(16)8(14-6)10(11,12)13;1-5(2-3-5)9(8)6-4-7;1-5(2,3)8-4(6)7/h4,14-17H,1,5-13H2,2-3H3,(H,20,23);2-4H,1H3,(H,15,16);4H,2-3H2,1H3,(H,6,7);1-3H3,(H2,6,7)/t14-,15?,17?;;;/m1.../s1. The van der Waals surface area contributed by atoms with Crippen molar-refractivity contribution in [2.75, 3.05) is 13.7 Å². The number of aromatic nitrogens is 2. The maximum atomic E-state index is 12.6. The number of likely N-dealkylation sites (tertiary alicyclic amines) is 1. The van der Waals surface area contributed by atoms with E-state index in [1.807, 2.05) is 17.9 Å². The molecule has 5 N–H and O–H groups in total. The summed E-state index contributed by atoms with van der Waals surface area (Å²) >= 11 is 0. The molecule has 4 atom stereocenters. The van der Waals surface area contributed by atoms with Gasteiger partial charge in [0.2, 0.25) is 23.9 Å². The summed E-state index contributed by atoms with van der Waals surface area (Å²) in [6, 6.07) is 4.36. The molecule has 2 aromatic rings. The van der Waals surface area contributed by atoms with Crippen LogP contribution in [0.1, 0.15) is 111 Å². The molecule has 3 aliphatic rings. The van der Waals surface area contributed by atoms with E-state index < -0.39 is 40.1 Å². The highest BCUT2D eigenvalue weighted by Crippen LogP contribution is 2.39. The Balaban J connectivity index is 0.000000287. The van der Waals surface area contributed by atoms with Gasteiger partial charge in [-0.05, 0) is 109 Å². The number of hydrogen-bond acceptors (Lipinski definition) is 9. The van der Waals surface area contributed by atoms with Crippen LogP contribution < -0.4 is 26.1 Å². The minimum Gasteiger partial charge on any atom is -0.497 e. The van der Waals surface area contributed by atoms with Crippen molar-refractivity contribution < 1.29 is 46.0 Å². The number of carbonyl (C=O) groups is 4. The van der Waals surface area contributed by atoms with Crippen molar-refractivity contribution in [3.8, 4) is 5.75 Å². The average Bonchev–Trinajstić information content (AvgIpc) is 4.02. The summed E-state index contributed by atoms with van der Waals surface area (Å²) in [4.78, 5) is 63.1. The van der Waals surface area contributed by atoms with Crippen LogP contribution >= 0.6 is 0 Å². The van der Waals surface area contributed by atoms with E-state index in [4.69, 9.17) is 10.5 Å². The molecule has 5 rings (SSSR count). The minimum absolute atomic E-state index is 0.0534. The summed E-state index contributed by atoms with van der Waals surface area (Å²) < 4.78 is 59.7. The Hall–Kier alpha value is -4.48. The Kier molecular flexibility index (Phi) is 18.7. The van der Waals surface area contributed by atoms with E-state index in [9.17, 15) is 41.4 Å². The van der Waals surface area contributed by atoms with Gasteiger partial charge in [0, 0.05) is 25.1 Å². The molecule has 14 nitrogen and oxygen atoms in total. The number of nitrogens with two attached hydrogens (primary N) is 1. The van der Waals surface area contributed by atoms with Crippen LogP contribution in [0.3, 0.4) is 0 Å². The molecule has 1 aliphatic heterocycles. The number of primary amides is 1. The van der Waals surface area contributed by atoms with Gasteiger partial charge in [0.15, 0.2) is 0 Å². The highest BCUT2D eigenvalue weighted by Gasteiger charge is 2.44. The zero-order chi connectivity index (χ0) is 43.1. The number of nitrogens with zero attached hydrogens (tertiary/aromatic N) is 2. The van der Waals surface area contributed by atoms with E-state index in [2.05, 4.69) is 45.2 Å². The van der Waals surface area contributed by atoms with Crippen LogP contribution in [0.25, 0.3) is 11.0 Å². The molecule has 0 spiro atoms. The number of ether oxygens (including phenoxy) is 2. The minimum atomic E-state index is -4.76. The second-order valence-corrected chi connectivity index (χ2v) is 17.6. The molecule has 18 heteroatoms. The van der Waals surface area contributed by atoms with Gasteiger partial charge in [-0.15, -0.1) is 6.58 Å². The summed E-state index contributed by atoms with van der Waals surface area (Å²) in [6.07, 6.45) is 6.61. The van der Waals surface area contributed by atoms with Crippen LogP contribution in [0.2, 0.25) is 0 Å². The highest BCUT2D eigenvalue weighted by molar-refractivity contribution is 7.85. The quantitative estimate of drug-likeness (QED) is 0.137. The van der Waals surface area contributed by atoms with Crippen molar-refractivity contribution in [3.63, 3.8) is 0 Å². The first-order valence-corrected chi connectivity index (χ1v) is 20.1. The number of aromatic amines is 1. The number of allylic oxidation sites excluding steroid dienone is 1. The molecule has 2 heterocycles. The van der Waals surface area contributed by atoms with Crippen molar-refractivity contribution >= 4 is 46.3 Å². The Bertz CT molecular complexity index is 1760. The molecule has 4 amide bonds. The summed E-state index contributed by atoms with van der Waals surface area (Å²) in [7, 11) is 0.269. The largest absolute Gasteiger partial charge is 0.497 e. The molecule has 2 saturated carbocycles. The van der Waals surface area contributed by atoms with Gasteiger partial charge in [0.25, 0.3) is 5.56 Å². The molecule has 57 heavy (non-hydrogen) atoms. The highest BCUT2D eigenvalue weighted by atomic mass is 32.2. The SMILES string of the molecule is C=CCC[C@@H](C)CC(C)CC(=O)N1CCCC1C(=O)NC1CC1.CC(C)(C)OC(N)=O.CC1(S(=O)NC=O)CC1.COc1ccc2nc(C(F)(F)F)c(=O)[nH]c2c1. The van der Waals surface area contributed by atoms with E-state index in [-0.39, 0.29) is 33.6 Å². The predicted molar refractivity (Wildman–Crippen MR) is 212 cm³/mol. The number of alkyl halides is 3. The maximum Gasteiger partial charge on any atom is 0.438 e. The van der Waals surface area contributed by atoms with Crippen LogP contribution in [-0.2, 0) is 36.3 Å². The second kappa shape index (κ2) is 21.9. The van der Waals surface area contributed by atoms with Crippen LogP contribution in [0.15, 0.2) is 35.6 Å². The second-order valence-electron chi connectivity index (χ2n) is 15.8. The van der Waals surface area contributed by atoms with Crippen LogP contribution in [0.4, 0.5) is 18.0 Å². The number of nitrogens with one attached hydrogen (secondary N) is 3. The van der Waals surface area contributed by atoms with Gasteiger partial charge < -0.3 is 30.4 Å². The Morgan fingerprint density at radius 1 is 1.16 bits per heavy atom. The van der Waals surface area contributed by atoms with Crippen LogP contribution in [0, 0.1) is 11.8 Å². The Labute approximate surface area is 334 Å². The molecule has 3 fully saturated rings. The summed E-state index contributed by atoms with van der Waals surface area (Å²) in [5, 5.41) is 3.05. The fourth-order valence-electron chi connectivity index (χ4n) is 5.80. The van der Waals surface area contributed by atoms with Gasteiger partial charge in [-0.2, -0.15) is 13.2 Å². The third-order valence-corrected chi connectivity index (χ3v) is 10.7. The summed E-state index contributed by atoms with van der Waals surface area (Å²) in [5.41, 5.74) is 1.80. The molecule has 3 unspecified atom stereocenters. The monoisotopic (exact) mass is 828 g/mol. The van der Waals surface area contributed by atoms with Gasteiger partial charge in [-0.25, -0.2) is 14.0 Å². The molecule has 0 radical (unpaired) electrons. The molecule has 0 bridgehead atoms. The first kappa shape index (κ1) is 48.7. The number of fused-ring (bicyclic) bond motifs is 1. The number of benzene rings is 1. The van der Waals surface area contributed by atoms with Crippen molar-refractivity contribution in [2.24, 2.45) is 17.6 Å². The number of halogens is 3. The van der Waals surface area contributed by atoms with Crippen molar-refractivity contribution in [1.82, 2.24) is 24.9 Å². The summed E-state index contributed by atoms with van der Waals surface area (Å²) in [5.74, 6) is 1.63. The molecule has 1 saturated heterocycles. The van der Waals surface area contributed by atoms with Crippen LogP contribution in [-0.4, -0.2) is 79.5 Å². The average molecular weight is 829 g/mol. The van der Waals surface area contributed by atoms with E-state index in [0.717, 1.165) is 64.3 Å². The first-order chi connectivity index (χ1) is 26.5. The van der Waals surface area contributed by atoms with E-state index >= 15 is 0 Å². The van der Waals surface area contributed by atoms with Crippen molar-refractivity contribution in [3.05, 3.63) is 46.9 Å². The Morgan fingerprint density at radius 3 is 2.30 bits per heavy atom. The number of hydrogen-bond donors (Lipinski definition) is 4. The van der Waals surface area contributed by atoms with Crippen molar-refractivity contribution in [2.45, 2.75) is 134 Å². The van der Waals surface area contributed by atoms with Gasteiger partial charge in [0.05, 0.1) is 22.9 Å². The maximum absolute atomic E-state index is 12.6. The van der Waals surface area contributed by atoms with E-state index in [1.54, 1.807) is 20.8 Å². The lowest BCUT2D eigenvalue weighted by atomic mass is 9.91. The molecular weight excluding hydrogens is 770 g/mol. The third-order valence-electron chi connectivity index (χ3n) is 9.12. The normalized spacial score (nSPS) is 18.4. The van der Waals surface area contributed by atoms with Crippen molar-refractivity contribution in [1.29, 1.82) is 0 Å². The number of amides is 4. The third kappa shape index (κ3) is 17.7. The molecule has 1 aromatic heterocycles. The fourth-order valence-corrected chi connectivity index (χ4v) is 6.65. The number of methoxy groups -OCH3 is 1. The molecule has 1 aromatic carbocycles. The topological polar surface area (TPSA) is 203 Å². The lowest BCUT2D eigenvalue weighted by Gasteiger charge is -2.26. The number of H-pyrrole nitrogens is 1. The lowest BCUT2D eigenvalue weighted by molar-refractivity contribution is -0.142. The van der Waals surface area contributed by atoms with Crippen LogP contribution in [0.5, 0.6) is 5.75 Å². The molecule has 2 aliphatic carbocycles. The zero-order valence-electron chi connectivity index (χ0n) is 34.0. The van der Waals surface area contributed by atoms with E-state index in [1.165, 1.54) is 25.3 Å². The zero-order valence-corrected chi connectivity index (χ0v) is 34.8. The number of rotatable bonds is 13. The van der Waals surface area contributed by atoms with Gasteiger partial charge in [-0.1, -0.05) is 19.9 Å². The first-order valence-electron chi connectivity index (χ1n) is 19.0. The smallest absolute Gasteiger partial charge is 0.438 e. The fraction of sp³-hybridized carbons (Fsp3) is 0.641.